The highest BCUT2D eigenvalue weighted by Gasteiger charge is 2.10. The van der Waals surface area contributed by atoms with Gasteiger partial charge in [0.05, 0.1) is 26.1 Å². The van der Waals surface area contributed by atoms with E-state index in [0.29, 0.717) is 23.7 Å². The standard InChI is InChI=1S/C19H21N5O3/c1-24-12-14(11-22-24)18-13(5-4-6-20-18)10-21-19(25)23-15-7-16(26-2)9-17(8-15)27-3/h4-9,11-12H,10H2,1-3H3,(H2,21,23,25). The van der Waals surface area contributed by atoms with Gasteiger partial charge in [0.2, 0.25) is 0 Å². The number of aromatic nitrogens is 3. The Labute approximate surface area is 157 Å². The molecule has 0 aliphatic carbocycles. The van der Waals surface area contributed by atoms with E-state index in [1.165, 1.54) is 0 Å². The molecule has 8 nitrogen and oxygen atoms in total. The van der Waals surface area contributed by atoms with Crippen molar-refractivity contribution in [2.75, 3.05) is 19.5 Å². The summed E-state index contributed by atoms with van der Waals surface area (Å²) in [6.45, 7) is 0.324. The predicted octanol–water partition coefficient (Wildman–Crippen LogP) is 2.82. The molecule has 140 valence electrons. The third-order valence-corrected chi connectivity index (χ3v) is 3.92. The van der Waals surface area contributed by atoms with Gasteiger partial charge in [-0.25, -0.2) is 4.79 Å². The van der Waals surface area contributed by atoms with Crippen molar-refractivity contribution in [3.63, 3.8) is 0 Å². The van der Waals surface area contributed by atoms with Crippen molar-refractivity contribution in [3.8, 4) is 22.8 Å². The van der Waals surface area contributed by atoms with E-state index in [9.17, 15) is 4.79 Å². The molecule has 0 radical (unpaired) electrons. The van der Waals surface area contributed by atoms with Crippen LogP contribution in [0.5, 0.6) is 11.5 Å². The summed E-state index contributed by atoms with van der Waals surface area (Å²) in [5.41, 5.74) is 3.15. The quantitative estimate of drug-likeness (QED) is 0.699. The van der Waals surface area contributed by atoms with Crippen molar-refractivity contribution in [1.29, 1.82) is 0 Å². The second-order valence-corrected chi connectivity index (χ2v) is 5.82. The van der Waals surface area contributed by atoms with Gasteiger partial charge < -0.3 is 20.1 Å². The van der Waals surface area contributed by atoms with Gasteiger partial charge >= 0.3 is 6.03 Å². The fourth-order valence-electron chi connectivity index (χ4n) is 2.62. The lowest BCUT2D eigenvalue weighted by Gasteiger charge is -2.12. The monoisotopic (exact) mass is 367 g/mol. The number of pyridine rings is 1. The van der Waals surface area contributed by atoms with Crippen molar-refractivity contribution < 1.29 is 14.3 Å². The summed E-state index contributed by atoms with van der Waals surface area (Å²) in [6, 6.07) is 8.58. The normalized spacial score (nSPS) is 10.3. The molecule has 0 atom stereocenters. The molecule has 0 fully saturated rings. The number of aryl methyl sites for hydroxylation is 1. The number of nitrogens with one attached hydrogen (secondary N) is 2. The Bertz CT molecular complexity index is 916. The minimum Gasteiger partial charge on any atom is -0.497 e. The molecule has 2 N–H and O–H groups in total. The highest BCUT2D eigenvalue weighted by Crippen LogP contribution is 2.25. The van der Waals surface area contributed by atoms with Crippen LogP contribution in [0.3, 0.4) is 0 Å². The molecule has 3 aromatic rings. The van der Waals surface area contributed by atoms with Crippen molar-refractivity contribution in [2.24, 2.45) is 7.05 Å². The average Bonchev–Trinajstić information content (AvgIpc) is 3.12. The molecule has 0 spiro atoms. The van der Waals surface area contributed by atoms with E-state index in [1.807, 2.05) is 25.4 Å². The van der Waals surface area contributed by atoms with Gasteiger partial charge in [-0.1, -0.05) is 6.07 Å². The molecule has 0 aliphatic rings. The van der Waals surface area contributed by atoms with E-state index >= 15 is 0 Å². The molecular weight excluding hydrogens is 346 g/mol. The summed E-state index contributed by atoms with van der Waals surface area (Å²) in [6.07, 6.45) is 5.34. The van der Waals surface area contributed by atoms with Crippen LogP contribution >= 0.6 is 0 Å². The Morgan fingerprint density at radius 3 is 2.56 bits per heavy atom. The first kappa shape index (κ1) is 18.2. The molecule has 1 aromatic carbocycles. The highest BCUT2D eigenvalue weighted by molar-refractivity contribution is 5.89. The van der Waals surface area contributed by atoms with Crippen LogP contribution in [0.25, 0.3) is 11.3 Å². The topological polar surface area (TPSA) is 90.3 Å². The van der Waals surface area contributed by atoms with Gasteiger partial charge in [0.15, 0.2) is 0 Å². The second-order valence-electron chi connectivity index (χ2n) is 5.82. The first-order valence-corrected chi connectivity index (χ1v) is 8.30. The summed E-state index contributed by atoms with van der Waals surface area (Å²) in [4.78, 5) is 16.7. The molecule has 2 aromatic heterocycles. The Balaban J connectivity index is 1.68. The third kappa shape index (κ3) is 4.55. The zero-order valence-electron chi connectivity index (χ0n) is 15.4. The Kier molecular flexibility index (Phi) is 5.55. The van der Waals surface area contributed by atoms with Crippen LogP contribution in [0, 0.1) is 0 Å². The highest BCUT2D eigenvalue weighted by atomic mass is 16.5. The number of carbonyl (C=O) groups excluding carboxylic acids is 1. The van der Waals surface area contributed by atoms with Crippen LogP contribution in [0.1, 0.15) is 5.56 Å². The van der Waals surface area contributed by atoms with Gasteiger partial charge in [-0.2, -0.15) is 5.10 Å². The van der Waals surface area contributed by atoms with Gasteiger partial charge in [-0.15, -0.1) is 0 Å². The summed E-state index contributed by atoms with van der Waals surface area (Å²) >= 11 is 0. The number of hydrogen-bond donors (Lipinski definition) is 2. The van der Waals surface area contributed by atoms with Gasteiger partial charge in [0.25, 0.3) is 0 Å². The van der Waals surface area contributed by atoms with Gasteiger partial charge in [0.1, 0.15) is 11.5 Å². The molecular formula is C19H21N5O3. The lowest BCUT2D eigenvalue weighted by molar-refractivity contribution is 0.251. The Morgan fingerprint density at radius 1 is 1.19 bits per heavy atom. The largest absolute Gasteiger partial charge is 0.497 e. The van der Waals surface area contributed by atoms with Crippen molar-refractivity contribution in [3.05, 3.63) is 54.5 Å². The number of anilines is 1. The molecule has 8 heteroatoms. The molecule has 2 heterocycles. The van der Waals surface area contributed by atoms with Crippen molar-refractivity contribution in [1.82, 2.24) is 20.1 Å². The smallest absolute Gasteiger partial charge is 0.319 e. The molecule has 27 heavy (non-hydrogen) atoms. The van der Waals surface area contributed by atoms with E-state index in [1.54, 1.807) is 49.5 Å². The molecule has 3 rings (SSSR count). The van der Waals surface area contributed by atoms with Crippen LogP contribution in [0.2, 0.25) is 0 Å². The summed E-state index contributed by atoms with van der Waals surface area (Å²) in [5, 5.41) is 9.79. The van der Waals surface area contributed by atoms with E-state index in [4.69, 9.17) is 9.47 Å². The fourth-order valence-corrected chi connectivity index (χ4v) is 2.62. The number of benzene rings is 1. The Morgan fingerprint density at radius 2 is 1.93 bits per heavy atom. The van der Waals surface area contributed by atoms with Crippen LogP contribution in [-0.4, -0.2) is 35.0 Å². The minimum absolute atomic E-state index is 0.324. The zero-order valence-corrected chi connectivity index (χ0v) is 15.4. The van der Waals surface area contributed by atoms with Crippen LogP contribution < -0.4 is 20.1 Å². The first-order valence-electron chi connectivity index (χ1n) is 8.30. The first-order chi connectivity index (χ1) is 13.1. The number of methoxy groups -OCH3 is 2. The number of nitrogens with zero attached hydrogens (tertiary/aromatic N) is 3. The van der Waals surface area contributed by atoms with Crippen molar-refractivity contribution >= 4 is 11.7 Å². The molecule has 2 amide bonds. The SMILES string of the molecule is COc1cc(NC(=O)NCc2cccnc2-c2cnn(C)c2)cc(OC)c1. The van der Waals surface area contributed by atoms with Crippen LogP contribution in [0.15, 0.2) is 48.9 Å². The lowest BCUT2D eigenvalue weighted by Crippen LogP contribution is -2.28. The molecule has 0 saturated carbocycles. The maximum Gasteiger partial charge on any atom is 0.319 e. The maximum atomic E-state index is 12.3. The molecule has 0 unspecified atom stereocenters. The van der Waals surface area contributed by atoms with Crippen LogP contribution in [0.4, 0.5) is 10.5 Å². The number of rotatable bonds is 6. The number of hydrogen-bond acceptors (Lipinski definition) is 5. The van der Waals surface area contributed by atoms with Gasteiger partial charge in [-0.05, 0) is 11.6 Å². The van der Waals surface area contributed by atoms with Crippen LogP contribution in [-0.2, 0) is 13.6 Å². The molecule has 0 aliphatic heterocycles. The molecule has 0 saturated heterocycles. The number of urea groups is 1. The van der Waals surface area contributed by atoms with E-state index in [-0.39, 0.29) is 6.03 Å². The van der Waals surface area contributed by atoms with E-state index in [0.717, 1.165) is 16.8 Å². The fraction of sp³-hybridized carbons (Fsp3) is 0.211. The summed E-state index contributed by atoms with van der Waals surface area (Å²) in [5.74, 6) is 1.19. The number of carbonyl (C=O) groups is 1. The minimum atomic E-state index is -0.341. The zero-order chi connectivity index (χ0) is 19.2. The molecule has 0 bridgehead atoms. The van der Waals surface area contributed by atoms with Crippen molar-refractivity contribution in [2.45, 2.75) is 6.54 Å². The third-order valence-electron chi connectivity index (χ3n) is 3.92. The maximum absolute atomic E-state index is 12.3. The van der Waals surface area contributed by atoms with E-state index in [2.05, 4.69) is 20.7 Å². The number of amides is 2. The number of ether oxygens (including phenoxy) is 2. The lowest BCUT2D eigenvalue weighted by atomic mass is 10.1. The van der Waals surface area contributed by atoms with E-state index < -0.39 is 0 Å². The average molecular weight is 367 g/mol. The van der Waals surface area contributed by atoms with Gasteiger partial charge in [-0.3, -0.25) is 9.67 Å². The van der Waals surface area contributed by atoms with Gasteiger partial charge in [0, 0.05) is 55.4 Å². The summed E-state index contributed by atoms with van der Waals surface area (Å²) < 4.78 is 12.1. The summed E-state index contributed by atoms with van der Waals surface area (Å²) in [7, 11) is 4.96. The second kappa shape index (κ2) is 8.22. The Hall–Kier alpha value is -3.55. The predicted molar refractivity (Wildman–Crippen MR) is 102 cm³/mol.